The van der Waals surface area contributed by atoms with E-state index in [1.807, 2.05) is 13.8 Å². The number of unbranched alkanes of at least 4 members (excludes halogenated alkanes) is 5. The van der Waals surface area contributed by atoms with Crippen LogP contribution in [0.15, 0.2) is 23.1 Å². The van der Waals surface area contributed by atoms with E-state index in [1.54, 1.807) is 0 Å². The van der Waals surface area contributed by atoms with Crippen molar-refractivity contribution in [1.82, 2.24) is 9.62 Å². The van der Waals surface area contributed by atoms with Crippen LogP contribution in [0.3, 0.4) is 0 Å². The molecule has 1 amide bonds. The molecule has 164 valence electrons. The maximum atomic E-state index is 14.2. The Bertz CT molecular complexity index is 772. The number of rotatable bonds is 10. The van der Waals surface area contributed by atoms with Crippen LogP contribution in [0.25, 0.3) is 0 Å². The van der Waals surface area contributed by atoms with Crippen molar-refractivity contribution in [3.63, 3.8) is 0 Å². The first-order chi connectivity index (χ1) is 13.8. The number of nitrogens with zero attached hydrogens (tertiary/aromatic N) is 1. The number of amides is 1. The number of carbonyl (C=O) groups is 1. The number of nitrogens with one attached hydrogen (secondary N) is 1. The molecule has 1 saturated heterocycles. The zero-order valence-corrected chi connectivity index (χ0v) is 18.7. The average Bonchev–Trinajstić information content (AvgIpc) is 2.66. The van der Waals surface area contributed by atoms with E-state index in [2.05, 4.69) is 12.2 Å². The molecule has 0 unspecified atom stereocenters. The summed E-state index contributed by atoms with van der Waals surface area (Å²) in [6.07, 6.45) is 7.55. The van der Waals surface area contributed by atoms with Crippen molar-refractivity contribution >= 4 is 15.9 Å². The number of benzene rings is 1. The van der Waals surface area contributed by atoms with Gasteiger partial charge in [0.15, 0.2) is 0 Å². The van der Waals surface area contributed by atoms with E-state index in [0.29, 0.717) is 19.6 Å². The summed E-state index contributed by atoms with van der Waals surface area (Å²) < 4.78 is 41.7. The van der Waals surface area contributed by atoms with Crippen molar-refractivity contribution in [2.45, 2.75) is 70.6 Å². The molecule has 1 fully saturated rings. The fraction of sp³-hybridized carbons (Fsp3) is 0.682. The molecular weight excluding hydrogens is 391 g/mol. The molecule has 5 nitrogen and oxygen atoms in total. The number of carbonyl (C=O) groups excluding carboxylic acids is 1. The molecule has 0 aliphatic carbocycles. The molecule has 7 heteroatoms. The van der Waals surface area contributed by atoms with Gasteiger partial charge in [-0.2, -0.15) is 4.31 Å². The van der Waals surface area contributed by atoms with E-state index in [-0.39, 0.29) is 22.3 Å². The van der Waals surface area contributed by atoms with Gasteiger partial charge in [0.05, 0.1) is 10.5 Å². The van der Waals surface area contributed by atoms with Crippen molar-refractivity contribution in [3.05, 3.63) is 29.6 Å². The molecule has 1 aliphatic rings. The smallest absolute Gasteiger partial charge is 0.254 e. The van der Waals surface area contributed by atoms with Crippen LogP contribution >= 0.6 is 0 Å². The lowest BCUT2D eigenvalue weighted by Crippen LogP contribution is -2.42. The number of sulfonamides is 1. The number of piperidine rings is 1. The van der Waals surface area contributed by atoms with Gasteiger partial charge in [0, 0.05) is 19.6 Å². The van der Waals surface area contributed by atoms with Gasteiger partial charge < -0.3 is 5.32 Å². The molecule has 0 aromatic heterocycles. The maximum absolute atomic E-state index is 14.2. The molecule has 2 atom stereocenters. The van der Waals surface area contributed by atoms with Gasteiger partial charge in [0.1, 0.15) is 5.82 Å². The Kier molecular flexibility index (Phi) is 9.08. The van der Waals surface area contributed by atoms with Crippen LogP contribution in [0.5, 0.6) is 0 Å². The SMILES string of the molecule is CCCCCCCCNC(=O)c1cc(S(=O)(=O)N2C[C@H](C)C[C@@H](C)C2)ccc1F. The molecule has 1 aliphatic heterocycles. The quantitative estimate of drug-likeness (QED) is 0.557. The van der Waals surface area contributed by atoms with E-state index in [9.17, 15) is 17.6 Å². The maximum Gasteiger partial charge on any atom is 0.254 e. The Morgan fingerprint density at radius 2 is 1.72 bits per heavy atom. The molecule has 0 spiro atoms. The topological polar surface area (TPSA) is 66.5 Å². The van der Waals surface area contributed by atoms with Crippen molar-refractivity contribution < 1.29 is 17.6 Å². The van der Waals surface area contributed by atoms with E-state index in [1.165, 1.54) is 35.7 Å². The van der Waals surface area contributed by atoms with Gasteiger partial charge in [-0.05, 0) is 42.9 Å². The monoisotopic (exact) mass is 426 g/mol. The van der Waals surface area contributed by atoms with E-state index in [0.717, 1.165) is 31.7 Å². The van der Waals surface area contributed by atoms with Crippen LogP contribution in [0.1, 0.15) is 76.1 Å². The van der Waals surface area contributed by atoms with Crippen molar-refractivity contribution in [2.24, 2.45) is 11.8 Å². The standard InChI is InChI=1S/C22H35FN2O3S/c1-4-5-6-7-8-9-12-24-22(26)20-14-19(10-11-21(20)23)29(27,28)25-15-17(2)13-18(3)16-25/h10-11,14,17-18H,4-9,12-13,15-16H2,1-3H3,(H,24,26)/t17-,18-/m1/s1. The fourth-order valence-corrected chi connectivity index (χ4v) is 5.70. The summed E-state index contributed by atoms with van der Waals surface area (Å²) in [4.78, 5) is 12.4. The van der Waals surface area contributed by atoms with Gasteiger partial charge in [0.25, 0.3) is 5.91 Å². The van der Waals surface area contributed by atoms with Crippen LogP contribution in [0, 0.1) is 17.7 Å². The second kappa shape index (κ2) is 11.1. The summed E-state index contributed by atoms with van der Waals surface area (Å²) in [5.74, 6) is -0.721. The molecule has 1 N–H and O–H groups in total. The second-order valence-corrected chi connectivity index (χ2v) is 10.4. The third-order valence-corrected chi connectivity index (χ3v) is 7.30. The van der Waals surface area contributed by atoms with Crippen LogP contribution in [-0.2, 0) is 10.0 Å². The molecule has 0 bridgehead atoms. The second-order valence-electron chi connectivity index (χ2n) is 8.43. The first kappa shape index (κ1) is 23.8. The number of hydrogen-bond donors (Lipinski definition) is 1. The Hall–Kier alpha value is -1.47. The zero-order valence-electron chi connectivity index (χ0n) is 17.9. The predicted octanol–water partition coefficient (Wildman–Crippen LogP) is 4.58. The molecule has 0 saturated carbocycles. The lowest BCUT2D eigenvalue weighted by Gasteiger charge is -2.34. The first-order valence-electron chi connectivity index (χ1n) is 10.8. The summed E-state index contributed by atoms with van der Waals surface area (Å²) in [5.41, 5.74) is -0.213. The Morgan fingerprint density at radius 1 is 1.10 bits per heavy atom. The fourth-order valence-electron chi connectivity index (χ4n) is 3.99. The van der Waals surface area contributed by atoms with E-state index < -0.39 is 21.7 Å². The van der Waals surface area contributed by atoms with E-state index >= 15 is 0 Å². The highest BCUT2D eigenvalue weighted by atomic mass is 32.2. The van der Waals surface area contributed by atoms with E-state index in [4.69, 9.17) is 0 Å². The third kappa shape index (κ3) is 6.78. The largest absolute Gasteiger partial charge is 0.352 e. The highest BCUT2D eigenvalue weighted by Crippen LogP contribution is 2.27. The average molecular weight is 427 g/mol. The van der Waals surface area contributed by atoms with Gasteiger partial charge in [-0.15, -0.1) is 0 Å². The summed E-state index contributed by atoms with van der Waals surface area (Å²) in [5, 5.41) is 2.72. The summed E-state index contributed by atoms with van der Waals surface area (Å²) in [6, 6.07) is 3.49. The highest BCUT2D eigenvalue weighted by Gasteiger charge is 2.32. The minimum Gasteiger partial charge on any atom is -0.352 e. The van der Waals surface area contributed by atoms with Crippen LogP contribution in [0.2, 0.25) is 0 Å². The summed E-state index contributed by atoms with van der Waals surface area (Å²) in [6.45, 7) is 7.58. The molecule has 2 rings (SSSR count). The number of hydrogen-bond acceptors (Lipinski definition) is 3. The van der Waals surface area contributed by atoms with Crippen LogP contribution in [0.4, 0.5) is 4.39 Å². The lowest BCUT2D eigenvalue weighted by atomic mass is 9.94. The Labute approximate surface area is 175 Å². The van der Waals surface area contributed by atoms with Crippen molar-refractivity contribution in [1.29, 1.82) is 0 Å². The van der Waals surface area contributed by atoms with Crippen molar-refractivity contribution in [2.75, 3.05) is 19.6 Å². The molecule has 29 heavy (non-hydrogen) atoms. The minimum absolute atomic E-state index is 0.0232. The van der Waals surface area contributed by atoms with Crippen molar-refractivity contribution in [3.8, 4) is 0 Å². The van der Waals surface area contributed by atoms with Crippen LogP contribution < -0.4 is 5.32 Å². The zero-order chi connectivity index (χ0) is 21.4. The summed E-state index contributed by atoms with van der Waals surface area (Å²) in [7, 11) is -3.75. The molecular formula is C22H35FN2O3S. The van der Waals surface area contributed by atoms with Gasteiger partial charge in [-0.3, -0.25) is 4.79 Å². The minimum atomic E-state index is -3.75. The lowest BCUT2D eigenvalue weighted by molar-refractivity contribution is 0.0948. The Balaban J connectivity index is 2.02. The van der Waals surface area contributed by atoms with Gasteiger partial charge in [-0.1, -0.05) is 52.9 Å². The molecule has 1 heterocycles. The first-order valence-corrected chi connectivity index (χ1v) is 12.3. The normalized spacial score (nSPS) is 20.6. The molecule has 0 radical (unpaired) electrons. The number of halogens is 1. The predicted molar refractivity (Wildman–Crippen MR) is 114 cm³/mol. The summed E-state index contributed by atoms with van der Waals surface area (Å²) >= 11 is 0. The highest BCUT2D eigenvalue weighted by molar-refractivity contribution is 7.89. The third-order valence-electron chi connectivity index (χ3n) is 5.47. The Morgan fingerprint density at radius 3 is 2.38 bits per heavy atom. The molecule has 1 aromatic carbocycles. The van der Waals surface area contributed by atoms with Gasteiger partial charge in [0.2, 0.25) is 10.0 Å². The molecule has 1 aromatic rings. The van der Waals surface area contributed by atoms with Gasteiger partial charge >= 0.3 is 0 Å². The van der Waals surface area contributed by atoms with Gasteiger partial charge in [-0.25, -0.2) is 12.8 Å². The van der Waals surface area contributed by atoms with Crippen LogP contribution in [-0.4, -0.2) is 38.3 Å².